The van der Waals surface area contributed by atoms with Crippen LogP contribution in [0.4, 0.5) is 0 Å². The molecule has 2 amide bonds. The molecule has 1 aliphatic heterocycles. The molecule has 28 heavy (non-hydrogen) atoms. The van der Waals surface area contributed by atoms with Gasteiger partial charge in [0.1, 0.15) is 6.54 Å². The summed E-state index contributed by atoms with van der Waals surface area (Å²) in [7, 11) is 3.13. The molecule has 146 valence electrons. The molecule has 0 saturated heterocycles. The standard InChI is InChI=1S/C22H24N2O4/c1-27-19-12-17-9-11-24(22(26)14-18(17)13-20(19)28-2)15-21(25)23-10-8-16-6-4-3-5-7-16/h3-7,9,11-13H,8,10,14-15H2,1-2H3,(H,23,25). The highest BCUT2D eigenvalue weighted by molar-refractivity contribution is 5.89. The maximum atomic E-state index is 12.6. The fraction of sp³-hybridized carbons (Fsp3) is 0.273. The molecule has 2 aromatic carbocycles. The van der Waals surface area contributed by atoms with Gasteiger partial charge in [-0.3, -0.25) is 9.59 Å². The Morgan fingerprint density at radius 1 is 1.11 bits per heavy atom. The zero-order chi connectivity index (χ0) is 19.9. The molecule has 0 fully saturated rings. The van der Waals surface area contributed by atoms with Crippen LogP contribution in [-0.2, 0) is 22.4 Å². The summed E-state index contributed by atoms with van der Waals surface area (Å²) < 4.78 is 10.6. The highest BCUT2D eigenvalue weighted by Crippen LogP contribution is 2.32. The molecule has 1 aliphatic rings. The van der Waals surface area contributed by atoms with Crippen LogP contribution in [0.15, 0.2) is 48.7 Å². The minimum absolute atomic E-state index is 0.00756. The Bertz CT molecular complexity index is 878. The molecule has 0 radical (unpaired) electrons. The third-order valence-electron chi connectivity index (χ3n) is 4.63. The Morgan fingerprint density at radius 3 is 2.54 bits per heavy atom. The first kappa shape index (κ1) is 19.5. The fourth-order valence-electron chi connectivity index (χ4n) is 3.11. The molecule has 0 spiro atoms. The van der Waals surface area contributed by atoms with Gasteiger partial charge in [0.2, 0.25) is 11.8 Å². The number of ether oxygens (including phenoxy) is 2. The lowest BCUT2D eigenvalue weighted by molar-refractivity contribution is -0.132. The van der Waals surface area contributed by atoms with Crippen LogP contribution in [-0.4, -0.2) is 44.0 Å². The summed E-state index contributed by atoms with van der Waals surface area (Å²) in [6, 6.07) is 13.6. The van der Waals surface area contributed by atoms with E-state index in [9.17, 15) is 9.59 Å². The number of methoxy groups -OCH3 is 2. The summed E-state index contributed by atoms with van der Waals surface area (Å²) in [5, 5.41) is 2.87. The highest BCUT2D eigenvalue weighted by Gasteiger charge is 2.21. The molecule has 0 unspecified atom stereocenters. The van der Waals surface area contributed by atoms with E-state index in [1.807, 2.05) is 42.5 Å². The van der Waals surface area contributed by atoms with Crippen LogP contribution in [0, 0.1) is 0 Å². The van der Waals surface area contributed by atoms with E-state index in [0.717, 1.165) is 23.1 Å². The van der Waals surface area contributed by atoms with Crippen LogP contribution in [0.25, 0.3) is 6.08 Å². The number of carbonyl (C=O) groups is 2. The van der Waals surface area contributed by atoms with Crippen molar-refractivity contribution in [2.75, 3.05) is 27.3 Å². The largest absolute Gasteiger partial charge is 0.493 e. The number of hydrogen-bond donors (Lipinski definition) is 1. The molecule has 0 saturated carbocycles. The van der Waals surface area contributed by atoms with E-state index in [-0.39, 0.29) is 24.8 Å². The Labute approximate surface area is 164 Å². The van der Waals surface area contributed by atoms with Crippen molar-refractivity contribution in [1.29, 1.82) is 0 Å². The van der Waals surface area contributed by atoms with E-state index in [1.165, 1.54) is 4.90 Å². The Morgan fingerprint density at radius 2 is 1.82 bits per heavy atom. The maximum Gasteiger partial charge on any atom is 0.240 e. The molecule has 6 heteroatoms. The molecule has 1 heterocycles. The lowest BCUT2D eigenvalue weighted by Crippen LogP contribution is -2.38. The molecule has 2 aromatic rings. The predicted octanol–water partition coefficient (Wildman–Crippen LogP) is 2.42. The van der Waals surface area contributed by atoms with Crippen LogP contribution in [0.3, 0.4) is 0 Å². The lowest BCUT2D eigenvalue weighted by atomic mass is 10.0. The van der Waals surface area contributed by atoms with Crippen LogP contribution in [0.5, 0.6) is 11.5 Å². The monoisotopic (exact) mass is 380 g/mol. The van der Waals surface area contributed by atoms with Gasteiger partial charge in [0.25, 0.3) is 0 Å². The van der Waals surface area contributed by atoms with Gasteiger partial charge in [-0.1, -0.05) is 30.3 Å². The highest BCUT2D eigenvalue weighted by atomic mass is 16.5. The summed E-state index contributed by atoms with van der Waals surface area (Å²) in [5.41, 5.74) is 2.87. The van der Waals surface area contributed by atoms with Crippen LogP contribution >= 0.6 is 0 Å². The van der Waals surface area contributed by atoms with E-state index in [1.54, 1.807) is 26.5 Å². The Kier molecular flexibility index (Phi) is 6.32. The number of benzene rings is 2. The Hall–Kier alpha value is -3.28. The van der Waals surface area contributed by atoms with Crippen molar-refractivity contribution >= 4 is 17.9 Å². The molecular formula is C22H24N2O4. The van der Waals surface area contributed by atoms with Crippen molar-refractivity contribution < 1.29 is 19.1 Å². The third kappa shape index (κ3) is 4.71. The van der Waals surface area contributed by atoms with Crippen LogP contribution < -0.4 is 14.8 Å². The van der Waals surface area contributed by atoms with E-state index >= 15 is 0 Å². The topological polar surface area (TPSA) is 67.9 Å². The van der Waals surface area contributed by atoms with Crippen molar-refractivity contribution in [1.82, 2.24) is 10.2 Å². The maximum absolute atomic E-state index is 12.6. The molecule has 0 aromatic heterocycles. The van der Waals surface area contributed by atoms with Crippen molar-refractivity contribution in [2.45, 2.75) is 12.8 Å². The molecular weight excluding hydrogens is 356 g/mol. The summed E-state index contributed by atoms with van der Waals surface area (Å²) in [6.45, 7) is 0.523. The first-order valence-corrected chi connectivity index (χ1v) is 9.14. The predicted molar refractivity (Wildman–Crippen MR) is 107 cm³/mol. The normalized spacial score (nSPS) is 12.9. The van der Waals surface area contributed by atoms with Crippen molar-refractivity contribution in [3.63, 3.8) is 0 Å². The minimum Gasteiger partial charge on any atom is -0.493 e. The smallest absolute Gasteiger partial charge is 0.240 e. The van der Waals surface area contributed by atoms with Crippen LogP contribution in [0.2, 0.25) is 0 Å². The second-order valence-corrected chi connectivity index (χ2v) is 6.51. The van der Waals surface area contributed by atoms with Crippen molar-refractivity contribution in [2.24, 2.45) is 0 Å². The van der Waals surface area contributed by atoms with E-state index < -0.39 is 0 Å². The first-order valence-electron chi connectivity index (χ1n) is 9.14. The number of nitrogens with one attached hydrogen (secondary N) is 1. The molecule has 6 nitrogen and oxygen atoms in total. The van der Waals surface area contributed by atoms with E-state index in [2.05, 4.69) is 5.32 Å². The van der Waals surface area contributed by atoms with E-state index in [4.69, 9.17) is 9.47 Å². The molecule has 1 N–H and O–H groups in total. The lowest BCUT2D eigenvalue weighted by Gasteiger charge is -2.17. The third-order valence-corrected chi connectivity index (χ3v) is 4.63. The molecule has 3 rings (SSSR count). The van der Waals surface area contributed by atoms with Gasteiger partial charge >= 0.3 is 0 Å². The second-order valence-electron chi connectivity index (χ2n) is 6.51. The van der Waals surface area contributed by atoms with Gasteiger partial charge in [-0.15, -0.1) is 0 Å². The summed E-state index contributed by atoms with van der Waals surface area (Å²) in [5.74, 6) is 0.857. The first-order chi connectivity index (χ1) is 13.6. The summed E-state index contributed by atoms with van der Waals surface area (Å²) in [6.07, 6.45) is 4.41. The van der Waals surface area contributed by atoms with Gasteiger partial charge in [0.15, 0.2) is 11.5 Å². The van der Waals surface area contributed by atoms with Gasteiger partial charge < -0.3 is 19.7 Å². The van der Waals surface area contributed by atoms with Crippen molar-refractivity contribution in [3.8, 4) is 11.5 Å². The zero-order valence-electron chi connectivity index (χ0n) is 16.1. The summed E-state index contributed by atoms with van der Waals surface area (Å²) in [4.78, 5) is 26.3. The summed E-state index contributed by atoms with van der Waals surface area (Å²) >= 11 is 0. The second kappa shape index (κ2) is 9.08. The average Bonchev–Trinajstić information content (AvgIpc) is 2.86. The minimum atomic E-state index is -0.185. The quantitative estimate of drug-likeness (QED) is 0.801. The average molecular weight is 380 g/mol. The number of nitrogens with zero attached hydrogens (tertiary/aromatic N) is 1. The Balaban J connectivity index is 1.60. The van der Waals surface area contributed by atoms with Gasteiger partial charge in [0.05, 0.1) is 20.6 Å². The number of rotatable bonds is 7. The number of carbonyl (C=O) groups excluding carboxylic acids is 2. The molecule has 0 bridgehead atoms. The van der Waals surface area contributed by atoms with Crippen molar-refractivity contribution in [3.05, 3.63) is 65.4 Å². The van der Waals surface area contributed by atoms with E-state index in [0.29, 0.717) is 18.0 Å². The van der Waals surface area contributed by atoms with Crippen LogP contribution in [0.1, 0.15) is 16.7 Å². The van der Waals surface area contributed by atoms with Gasteiger partial charge in [-0.25, -0.2) is 0 Å². The SMILES string of the molecule is COc1cc2c(cc1OC)CC(=O)N(CC(=O)NCCc1ccccc1)C=C2. The zero-order valence-corrected chi connectivity index (χ0v) is 16.1. The van der Waals surface area contributed by atoms with Gasteiger partial charge in [0, 0.05) is 12.7 Å². The molecule has 0 atom stereocenters. The number of hydrogen-bond acceptors (Lipinski definition) is 4. The number of amides is 2. The number of fused-ring (bicyclic) bond motifs is 1. The van der Waals surface area contributed by atoms with Gasteiger partial charge in [-0.2, -0.15) is 0 Å². The molecule has 0 aliphatic carbocycles. The fourth-order valence-corrected chi connectivity index (χ4v) is 3.11. The van der Waals surface area contributed by atoms with Gasteiger partial charge in [-0.05, 0) is 41.3 Å².